The standard InChI is InChI=1S/C14H22N2/c1-2-11-6-5-7-12(10-11)14(15)13-8-3-4-9-16-13/h3-4,8-9,11-12,14H,2,5-7,10,15H2,1H3. The van der Waals surface area contributed by atoms with Crippen LogP contribution in [0.2, 0.25) is 0 Å². The molecule has 2 heteroatoms. The van der Waals surface area contributed by atoms with Crippen LogP contribution in [0.4, 0.5) is 0 Å². The number of nitrogens with two attached hydrogens (primary N) is 1. The highest BCUT2D eigenvalue weighted by Crippen LogP contribution is 2.36. The van der Waals surface area contributed by atoms with Crippen LogP contribution in [0.15, 0.2) is 24.4 Å². The van der Waals surface area contributed by atoms with E-state index in [1.807, 2.05) is 18.3 Å². The van der Waals surface area contributed by atoms with Gasteiger partial charge in [-0.25, -0.2) is 0 Å². The van der Waals surface area contributed by atoms with Crippen molar-refractivity contribution in [1.29, 1.82) is 0 Å². The zero-order valence-corrected chi connectivity index (χ0v) is 10.1. The van der Waals surface area contributed by atoms with Crippen LogP contribution in [0.1, 0.15) is 50.8 Å². The first-order chi connectivity index (χ1) is 7.81. The van der Waals surface area contributed by atoms with Gasteiger partial charge in [-0.1, -0.05) is 32.3 Å². The van der Waals surface area contributed by atoms with Gasteiger partial charge in [0.05, 0.1) is 5.69 Å². The largest absolute Gasteiger partial charge is 0.322 e. The van der Waals surface area contributed by atoms with Gasteiger partial charge in [0.25, 0.3) is 0 Å². The summed E-state index contributed by atoms with van der Waals surface area (Å²) >= 11 is 0. The van der Waals surface area contributed by atoms with Gasteiger partial charge in [0.1, 0.15) is 0 Å². The van der Waals surface area contributed by atoms with E-state index in [-0.39, 0.29) is 6.04 Å². The third kappa shape index (κ3) is 2.62. The lowest BCUT2D eigenvalue weighted by molar-refractivity contribution is 0.228. The molecular weight excluding hydrogens is 196 g/mol. The number of pyridine rings is 1. The molecule has 16 heavy (non-hydrogen) atoms. The van der Waals surface area contributed by atoms with Gasteiger partial charge in [0.2, 0.25) is 0 Å². The van der Waals surface area contributed by atoms with Crippen molar-refractivity contribution in [1.82, 2.24) is 4.98 Å². The number of nitrogens with zero attached hydrogens (tertiary/aromatic N) is 1. The van der Waals surface area contributed by atoms with E-state index in [0.717, 1.165) is 11.6 Å². The van der Waals surface area contributed by atoms with Crippen molar-refractivity contribution in [3.8, 4) is 0 Å². The Labute approximate surface area is 98.3 Å². The normalized spacial score (nSPS) is 27.6. The zero-order chi connectivity index (χ0) is 11.4. The Morgan fingerprint density at radius 1 is 1.44 bits per heavy atom. The molecule has 0 bridgehead atoms. The first-order valence-corrected chi connectivity index (χ1v) is 6.47. The minimum absolute atomic E-state index is 0.135. The average molecular weight is 218 g/mol. The van der Waals surface area contributed by atoms with Crippen molar-refractivity contribution in [2.45, 2.75) is 45.1 Å². The highest BCUT2D eigenvalue weighted by Gasteiger charge is 2.26. The van der Waals surface area contributed by atoms with Crippen LogP contribution in [0.25, 0.3) is 0 Å². The summed E-state index contributed by atoms with van der Waals surface area (Å²) in [5.74, 6) is 1.52. The van der Waals surface area contributed by atoms with E-state index in [1.54, 1.807) is 0 Å². The molecule has 0 saturated heterocycles. The van der Waals surface area contributed by atoms with Crippen molar-refractivity contribution < 1.29 is 0 Å². The van der Waals surface area contributed by atoms with Gasteiger partial charge in [0.15, 0.2) is 0 Å². The van der Waals surface area contributed by atoms with Gasteiger partial charge in [-0.3, -0.25) is 4.98 Å². The molecule has 0 radical (unpaired) electrons. The fourth-order valence-electron chi connectivity index (χ4n) is 2.84. The topological polar surface area (TPSA) is 38.9 Å². The van der Waals surface area contributed by atoms with E-state index in [9.17, 15) is 0 Å². The predicted molar refractivity (Wildman–Crippen MR) is 66.9 cm³/mol. The van der Waals surface area contributed by atoms with E-state index in [1.165, 1.54) is 32.1 Å². The lowest BCUT2D eigenvalue weighted by Crippen LogP contribution is -2.27. The molecule has 3 atom stereocenters. The third-order valence-electron chi connectivity index (χ3n) is 3.94. The molecule has 1 aliphatic carbocycles. The van der Waals surface area contributed by atoms with Gasteiger partial charge in [-0.2, -0.15) is 0 Å². The molecule has 2 nitrogen and oxygen atoms in total. The molecule has 1 fully saturated rings. The number of hydrogen-bond acceptors (Lipinski definition) is 2. The second kappa shape index (κ2) is 5.44. The van der Waals surface area contributed by atoms with Crippen LogP contribution >= 0.6 is 0 Å². The summed E-state index contributed by atoms with van der Waals surface area (Å²) in [6.07, 6.45) is 8.43. The first-order valence-electron chi connectivity index (χ1n) is 6.47. The molecular formula is C14H22N2. The van der Waals surface area contributed by atoms with Crippen molar-refractivity contribution in [3.63, 3.8) is 0 Å². The summed E-state index contributed by atoms with van der Waals surface area (Å²) in [5.41, 5.74) is 7.38. The zero-order valence-electron chi connectivity index (χ0n) is 10.1. The summed E-state index contributed by atoms with van der Waals surface area (Å²) in [6.45, 7) is 2.29. The molecule has 2 rings (SSSR count). The summed E-state index contributed by atoms with van der Waals surface area (Å²) < 4.78 is 0. The quantitative estimate of drug-likeness (QED) is 0.845. The van der Waals surface area contributed by atoms with Crippen molar-refractivity contribution >= 4 is 0 Å². The lowest BCUT2D eigenvalue weighted by atomic mass is 9.76. The van der Waals surface area contributed by atoms with Crippen LogP contribution in [0, 0.1) is 11.8 Å². The maximum absolute atomic E-state index is 6.32. The van der Waals surface area contributed by atoms with Gasteiger partial charge >= 0.3 is 0 Å². The molecule has 0 spiro atoms. The third-order valence-corrected chi connectivity index (χ3v) is 3.94. The van der Waals surface area contributed by atoms with Gasteiger partial charge < -0.3 is 5.73 Å². The summed E-state index contributed by atoms with van der Waals surface area (Å²) in [4.78, 5) is 4.38. The van der Waals surface area contributed by atoms with Crippen LogP contribution in [0.3, 0.4) is 0 Å². The lowest BCUT2D eigenvalue weighted by Gasteiger charge is -2.32. The fraction of sp³-hybridized carbons (Fsp3) is 0.643. The summed E-state index contributed by atoms with van der Waals surface area (Å²) in [5, 5.41) is 0. The van der Waals surface area contributed by atoms with E-state index in [4.69, 9.17) is 5.73 Å². The Balaban J connectivity index is 2.01. The van der Waals surface area contributed by atoms with E-state index >= 15 is 0 Å². The van der Waals surface area contributed by atoms with Crippen molar-refractivity contribution in [2.24, 2.45) is 17.6 Å². The number of hydrogen-bond donors (Lipinski definition) is 1. The number of rotatable bonds is 3. The van der Waals surface area contributed by atoms with Crippen LogP contribution in [-0.2, 0) is 0 Å². The molecule has 2 N–H and O–H groups in total. The fourth-order valence-corrected chi connectivity index (χ4v) is 2.84. The molecule has 1 saturated carbocycles. The van der Waals surface area contributed by atoms with Crippen LogP contribution < -0.4 is 5.73 Å². The Kier molecular flexibility index (Phi) is 3.94. The second-order valence-electron chi connectivity index (χ2n) is 4.98. The Hall–Kier alpha value is -0.890. The molecule has 1 aromatic rings. The Morgan fingerprint density at radius 3 is 3.00 bits per heavy atom. The van der Waals surface area contributed by atoms with E-state index < -0.39 is 0 Å². The highest BCUT2D eigenvalue weighted by atomic mass is 14.8. The predicted octanol–water partition coefficient (Wildman–Crippen LogP) is 3.30. The average Bonchev–Trinajstić information content (AvgIpc) is 2.39. The molecule has 1 heterocycles. The smallest absolute Gasteiger partial charge is 0.0573 e. The van der Waals surface area contributed by atoms with Crippen molar-refractivity contribution in [3.05, 3.63) is 30.1 Å². The monoisotopic (exact) mass is 218 g/mol. The van der Waals surface area contributed by atoms with Crippen LogP contribution in [-0.4, -0.2) is 4.98 Å². The molecule has 3 unspecified atom stereocenters. The summed E-state index contributed by atoms with van der Waals surface area (Å²) in [7, 11) is 0. The molecule has 1 aromatic heterocycles. The van der Waals surface area contributed by atoms with E-state index in [2.05, 4.69) is 18.0 Å². The SMILES string of the molecule is CCC1CCCC(C(N)c2ccccn2)C1. The van der Waals surface area contributed by atoms with E-state index in [0.29, 0.717) is 5.92 Å². The van der Waals surface area contributed by atoms with Gasteiger partial charge in [-0.05, 0) is 36.8 Å². The molecule has 0 amide bonds. The molecule has 0 aliphatic heterocycles. The molecule has 88 valence electrons. The van der Waals surface area contributed by atoms with Crippen LogP contribution in [0.5, 0.6) is 0 Å². The minimum atomic E-state index is 0.135. The maximum atomic E-state index is 6.32. The Bertz CT molecular complexity index is 310. The second-order valence-corrected chi connectivity index (χ2v) is 4.98. The van der Waals surface area contributed by atoms with Gasteiger partial charge in [0, 0.05) is 12.2 Å². The molecule has 0 aromatic carbocycles. The Morgan fingerprint density at radius 2 is 2.31 bits per heavy atom. The number of aromatic nitrogens is 1. The van der Waals surface area contributed by atoms with Crippen molar-refractivity contribution in [2.75, 3.05) is 0 Å². The summed E-state index contributed by atoms with van der Waals surface area (Å²) in [6, 6.07) is 6.17. The maximum Gasteiger partial charge on any atom is 0.0573 e. The van der Waals surface area contributed by atoms with Gasteiger partial charge in [-0.15, -0.1) is 0 Å². The minimum Gasteiger partial charge on any atom is -0.322 e. The molecule has 1 aliphatic rings. The first kappa shape index (κ1) is 11.6. The highest BCUT2D eigenvalue weighted by molar-refractivity contribution is 5.09.